The first-order valence-corrected chi connectivity index (χ1v) is 12.9. The largest absolute Gasteiger partial charge is 0.497 e. The van der Waals surface area contributed by atoms with Crippen molar-refractivity contribution in [1.29, 1.82) is 0 Å². The van der Waals surface area contributed by atoms with Gasteiger partial charge in [0, 0.05) is 81.1 Å². The van der Waals surface area contributed by atoms with E-state index in [4.69, 9.17) is 14.5 Å². The summed E-state index contributed by atoms with van der Waals surface area (Å²) in [7, 11) is 3.31. The summed E-state index contributed by atoms with van der Waals surface area (Å²) in [4.78, 5) is 26.0. The third-order valence-corrected chi connectivity index (χ3v) is 7.05. The summed E-state index contributed by atoms with van der Waals surface area (Å²) in [6.45, 7) is 6.10. The Labute approximate surface area is 217 Å². The maximum absolute atomic E-state index is 12.1. The molecule has 3 aromatic rings. The number of aromatic nitrogens is 2. The van der Waals surface area contributed by atoms with E-state index in [1.165, 1.54) is 0 Å². The Morgan fingerprint density at radius 1 is 1.05 bits per heavy atom. The average Bonchev–Trinajstić information content (AvgIpc) is 3.59. The number of hydrogen-bond acceptors (Lipinski definition) is 8. The maximum Gasteiger partial charge on any atom is 0.222 e. The van der Waals surface area contributed by atoms with Crippen molar-refractivity contribution in [3.63, 3.8) is 0 Å². The van der Waals surface area contributed by atoms with Crippen molar-refractivity contribution in [3.05, 3.63) is 48.3 Å². The number of likely N-dealkylation sites (tertiary alicyclic amines) is 1. The molecule has 5 rings (SSSR count). The lowest BCUT2D eigenvalue weighted by Gasteiger charge is -2.27. The molecule has 0 bridgehead atoms. The summed E-state index contributed by atoms with van der Waals surface area (Å²) in [5.74, 6) is 1.83. The lowest BCUT2D eigenvalue weighted by atomic mass is 10.1. The SMILES string of the molecule is CCN1CC(c2cnc3ccc(N(CCCN4CCCC4=O)c4cc(OC)cc(OC)c4)cc3n2)C=N1. The quantitative estimate of drug-likeness (QED) is 0.411. The van der Waals surface area contributed by atoms with Crippen molar-refractivity contribution in [3.8, 4) is 11.5 Å². The first-order chi connectivity index (χ1) is 18.1. The smallest absolute Gasteiger partial charge is 0.222 e. The van der Waals surface area contributed by atoms with Gasteiger partial charge in [0.05, 0.1) is 36.9 Å². The summed E-state index contributed by atoms with van der Waals surface area (Å²) in [6.07, 6.45) is 6.25. The van der Waals surface area contributed by atoms with Crippen LogP contribution in [0.5, 0.6) is 11.5 Å². The molecule has 0 N–H and O–H groups in total. The molecular weight excluding hydrogens is 468 g/mol. The topological polar surface area (TPSA) is 83.4 Å². The summed E-state index contributed by atoms with van der Waals surface area (Å²) in [6, 6.07) is 12.0. The number of nitrogens with zero attached hydrogens (tertiary/aromatic N) is 6. The molecule has 0 spiro atoms. The number of hydrazone groups is 1. The molecule has 1 aromatic heterocycles. The minimum absolute atomic E-state index is 0.136. The highest BCUT2D eigenvalue weighted by molar-refractivity contribution is 5.82. The fraction of sp³-hybridized carbons (Fsp3) is 0.429. The van der Waals surface area contributed by atoms with Gasteiger partial charge in [0.25, 0.3) is 0 Å². The fourth-order valence-electron chi connectivity index (χ4n) is 4.95. The van der Waals surface area contributed by atoms with Crippen LogP contribution in [0.4, 0.5) is 11.4 Å². The predicted octanol–water partition coefficient (Wildman–Crippen LogP) is 4.20. The number of fused-ring (bicyclic) bond motifs is 1. The van der Waals surface area contributed by atoms with Gasteiger partial charge >= 0.3 is 0 Å². The number of anilines is 2. The van der Waals surface area contributed by atoms with Crippen LogP contribution in [0.25, 0.3) is 11.0 Å². The molecule has 0 radical (unpaired) electrons. The molecule has 1 unspecified atom stereocenters. The number of hydrogen-bond donors (Lipinski definition) is 0. The first-order valence-electron chi connectivity index (χ1n) is 12.9. The Morgan fingerprint density at radius 3 is 2.54 bits per heavy atom. The minimum atomic E-state index is 0.136. The number of rotatable bonds is 10. The predicted molar refractivity (Wildman–Crippen MR) is 145 cm³/mol. The van der Waals surface area contributed by atoms with Crippen LogP contribution >= 0.6 is 0 Å². The summed E-state index contributed by atoms with van der Waals surface area (Å²) in [5.41, 5.74) is 4.56. The van der Waals surface area contributed by atoms with Crippen molar-refractivity contribution in [1.82, 2.24) is 19.9 Å². The molecule has 1 atom stereocenters. The Balaban J connectivity index is 1.46. The van der Waals surface area contributed by atoms with Crippen LogP contribution < -0.4 is 14.4 Å². The number of amides is 1. The molecule has 1 saturated heterocycles. The van der Waals surface area contributed by atoms with E-state index in [9.17, 15) is 4.79 Å². The second-order valence-corrected chi connectivity index (χ2v) is 9.40. The zero-order valence-electron chi connectivity index (χ0n) is 21.8. The third kappa shape index (κ3) is 5.45. The van der Waals surface area contributed by atoms with E-state index >= 15 is 0 Å². The van der Waals surface area contributed by atoms with Crippen LogP contribution in [-0.2, 0) is 4.79 Å². The first kappa shape index (κ1) is 24.8. The fourth-order valence-corrected chi connectivity index (χ4v) is 4.95. The molecule has 2 aliphatic rings. The van der Waals surface area contributed by atoms with E-state index in [0.29, 0.717) is 6.42 Å². The highest BCUT2D eigenvalue weighted by Gasteiger charge is 2.22. The Hall–Kier alpha value is -3.88. The molecule has 0 aliphatic carbocycles. The highest BCUT2D eigenvalue weighted by Crippen LogP contribution is 2.34. The van der Waals surface area contributed by atoms with E-state index < -0.39 is 0 Å². The van der Waals surface area contributed by atoms with E-state index in [1.54, 1.807) is 14.2 Å². The van der Waals surface area contributed by atoms with E-state index in [2.05, 4.69) is 34.0 Å². The van der Waals surface area contributed by atoms with Crippen LogP contribution in [0, 0.1) is 0 Å². The maximum atomic E-state index is 12.1. The van der Waals surface area contributed by atoms with Crippen molar-refractivity contribution in [2.45, 2.75) is 32.1 Å². The zero-order chi connectivity index (χ0) is 25.8. The number of carbonyl (C=O) groups is 1. The van der Waals surface area contributed by atoms with Gasteiger partial charge < -0.3 is 19.3 Å². The summed E-state index contributed by atoms with van der Waals surface area (Å²) in [5, 5.41) is 6.50. The normalized spacial score (nSPS) is 17.2. The number of methoxy groups -OCH3 is 2. The van der Waals surface area contributed by atoms with Crippen LogP contribution in [0.2, 0.25) is 0 Å². The lowest BCUT2D eigenvalue weighted by Crippen LogP contribution is -2.29. The van der Waals surface area contributed by atoms with Gasteiger partial charge in [0.15, 0.2) is 0 Å². The number of benzene rings is 2. The molecule has 1 amide bonds. The van der Waals surface area contributed by atoms with Gasteiger partial charge in [-0.15, -0.1) is 0 Å². The highest BCUT2D eigenvalue weighted by atomic mass is 16.5. The molecule has 3 heterocycles. The van der Waals surface area contributed by atoms with Gasteiger partial charge in [-0.2, -0.15) is 5.10 Å². The van der Waals surface area contributed by atoms with E-state index in [-0.39, 0.29) is 11.8 Å². The van der Waals surface area contributed by atoms with E-state index in [0.717, 1.165) is 85.2 Å². The lowest BCUT2D eigenvalue weighted by molar-refractivity contribution is -0.127. The van der Waals surface area contributed by atoms with Crippen molar-refractivity contribution >= 4 is 34.5 Å². The van der Waals surface area contributed by atoms with Crippen molar-refractivity contribution in [2.75, 3.05) is 51.8 Å². The second-order valence-electron chi connectivity index (χ2n) is 9.40. The Bertz CT molecular complexity index is 1270. The summed E-state index contributed by atoms with van der Waals surface area (Å²) < 4.78 is 11.1. The van der Waals surface area contributed by atoms with Crippen LogP contribution in [0.15, 0.2) is 47.7 Å². The van der Waals surface area contributed by atoms with Crippen LogP contribution in [-0.4, -0.2) is 78.9 Å². The molecule has 2 aromatic carbocycles. The molecule has 9 heteroatoms. The molecule has 0 saturated carbocycles. The Morgan fingerprint density at radius 2 is 1.86 bits per heavy atom. The average molecular weight is 503 g/mol. The molecule has 37 heavy (non-hydrogen) atoms. The van der Waals surface area contributed by atoms with E-state index in [1.807, 2.05) is 46.6 Å². The second kappa shape index (κ2) is 11.0. The zero-order valence-corrected chi connectivity index (χ0v) is 21.8. The van der Waals surface area contributed by atoms with Gasteiger partial charge in [-0.25, -0.2) is 4.98 Å². The van der Waals surface area contributed by atoms with Crippen LogP contribution in [0.1, 0.15) is 37.8 Å². The van der Waals surface area contributed by atoms with Gasteiger partial charge in [0.2, 0.25) is 5.91 Å². The van der Waals surface area contributed by atoms with Gasteiger partial charge in [-0.3, -0.25) is 14.8 Å². The number of likely N-dealkylation sites (N-methyl/N-ethyl adjacent to an activating group) is 1. The number of carbonyl (C=O) groups excluding carboxylic acids is 1. The summed E-state index contributed by atoms with van der Waals surface area (Å²) >= 11 is 0. The third-order valence-electron chi connectivity index (χ3n) is 7.05. The van der Waals surface area contributed by atoms with Crippen LogP contribution in [0.3, 0.4) is 0 Å². The molecule has 1 fully saturated rings. The van der Waals surface area contributed by atoms with Gasteiger partial charge in [-0.05, 0) is 38.0 Å². The molecular formula is C28H34N6O3. The number of ether oxygens (including phenoxy) is 2. The minimum Gasteiger partial charge on any atom is -0.497 e. The standard InChI is InChI=1S/C28H34N6O3/c1-4-33-19-20(17-30-33)27-18-29-25-9-8-21(15-26(25)31-27)34(12-6-11-32-10-5-7-28(32)35)22-13-23(36-2)16-24(14-22)37-3/h8-9,13-18,20H,4-7,10-12,19H2,1-3H3. The monoisotopic (exact) mass is 502 g/mol. The van der Waals surface area contributed by atoms with Gasteiger partial charge in [0.1, 0.15) is 11.5 Å². The molecule has 194 valence electrons. The Kier molecular flexibility index (Phi) is 7.39. The molecule has 2 aliphatic heterocycles. The molecule has 9 nitrogen and oxygen atoms in total. The van der Waals surface area contributed by atoms with Crippen molar-refractivity contribution < 1.29 is 14.3 Å². The van der Waals surface area contributed by atoms with Gasteiger partial charge in [-0.1, -0.05) is 0 Å². The van der Waals surface area contributed by atoms with Crippen molar-refractivity contribution in [2.24, 2.45) is 5.10 Å².